The fourth-order valence-corrected chi connectivity index (χ4v) is 19.3. The zero-order valence-corrected chi connectivity index (χ0v) is 80.5. The number of phenolic OH excluding ortho intramolecular Hbond substituents is 3. The summed E-state index contributed by atoms with van der Waals surface area (Å²) in [6.45, 7) is 5.88. The van der Waals surface area contributed by atoms with Gasteiger partial charge in [0.25, 0.3) is 0 Å². The van der Waals surface area contributed by atoms with Crippen LogP contribution in [0.4, 0.5) is 0 Å². The van der Waals surface area contributed by atoms with E-state index in [0.29, 0.717) is 49.5 Å². The number of hydrogen-bond donors (Lipinski definition) is 22. The number of Topliss-reactive ketones (excluding diaryl/α,β-unsaturated/α-hetero) is 1. The number of benzene rings is 6. The van der Waals surface area contributed by atoms with Gasteiger partial charge in [-0.15, -0.1) is 0 Å². The van der Waals surface area contributed by atoms with E-state index in [1.54, 1.807) is 61.5 Å². The number of nitrogens with two attached hydrogens (primary N) is 6. The highest BCUT2D eigenvalue weighted by Gasteiger charge is 2.51. The third-order valence-electron chi connectivity index (χ3n) is 23.4. The Bertz CT molecular complexity index is 5640. The summed E-state index contributed by atoms with van der Waals surface area (Å²) in [6.07, 6.45) is -5.81. The minimum atomic E-state index is -3.84. The largest absolute Gasteiger partial charge is 0.508 e. The van der Waals surface area contributed by atoms with Crippen LogP contribution in [0, 0.1) is 5.41 Å². The minimum absolute atomic E-state index is 0.00411. The average molecular weight is 2020 g/mol. The van der Waals surface area contributed by atoms with Crippen molar-refractivity contribution in [3.63, 3.8) is 0 Å². The van der Waals surface area contributed by atoms with Crippen LogP contribution in [0.5, 0.6) is 40.2 Å². The topological polar surface area (TPSA) is 741 Å². The number of ether oxygens (including phenoxy) is 6. The molecule has 0 radical (unpaired) electrons. The van der Waals surface area contributed by atoms with Gasteiger partial charge in [-0.1, -0.05) is 94.4 Å². The van der Waals surface area contributed by atoms with Gasteiger partial charge in [-0.3, -0.25) is 72.5 Å². The number of para-hydroxylation sites is 2. The summed E-state index contributed by atoms with van der Waals surface area (Å²) >= 11 is 0. The lowest BCUT2D eigenvalue weighted by Gasteiger charge is -2.42. The van der Waals surface area contributed by atoms with Crippen LogP contribution in [-0.2, 0) is 103 Å². The van der Waals surface area contributed by atoms with E-state index in [1.165, 1.54) is 49.5 Å². The number of carbonyl (C=O) groups is 14. The second-order valence-corrected chi connectivity index (χ2v) is 38.0. The number of nitrogens with one attached hydrogen (secondary N) is 10. The molecule has 764 valence electrons. The number of primary sulfonamides is 1. The first-order valence-corrected chi connectivity index (χ1v) is 49.2. The third-order valence-corrected chi connectivity index (χ3v) is 26.8. The minimum Gasteiger partial charge on any atom is -0.508 e. The molecule has 0 bridgehead atoms. The smallest absolute Gasteiger partial charge is 0.246 e. The number of aliphatic hydroxyl groups is 3. The van der Waals surface area contributed by atoms with Crippen molar-refractivity contribution in [2.45, 2.75) is 200 Å². The number of rotatable bonds is 35. The maximum atomic E-state index is 14.6. The van der Waals surface area contributed by atoms with Crippen LogP contribution < -0.4 is 101 Å². The molecule has 11 rings (SSSR count). The highest BCUT2D eigenvalue weighted by molar-refractivity contribution is 8.76. The number of hydrogen-bond acceptors (Lipinski definition) is 33. The number of fused-ring (bicyclic) bond motifs is 3. The van der Waals surface area contributed by atoms with E-state index in [1.807, 2.05) is 44.2 Å². The fraction of sp³-hybridized carbons (Fsp3) is 0.452. The van der Waals surface area contributed by atoms with Gasteiger partial charge in [-0.05, 0) is 118 Å². The van der Waals surface area contributed by atoms with E-state index < -0.39 is 239 Å². The van der Waals surface area contributed by atoms with Gasteiger partial charge in [0, 0.05) is 105 Å². The maximum Gasteiger partial charge on any atom is 0.246 e. The van der Waals surface area contributed by atoms with Crippen molar-refractivity contribution >= 4 is 120 Å². The molecule has 2 aliphatic carbocycles. The fourth-order valence-electron chi connectivity index (χ4n) is 16.4. The van der Waals surface area contributed by atoms with Crippen molar-refractivity contribution in [3.8, 4) is 40.2 Å². The number of aromatic hydroxyl groups is 3. The van der Waals surface area contributed by atoms with Crippen LogP contribution in [0.25, 0.3) is 0 Å². The molecule has 11 amide bonds. The molecular weight excluding hydrogens is 1900 g/mol. The first kappa shape index (κ1) is 111. The van der Waals surface area contributed by atoms with Crippen molar-refractivity contribution < 1.29 is 135 Å². The van der Waals surface area contributed by atoms with Crippen LogP contribution in [-0.4, -0.2) is 282 Å². The molecule has 3 fully saturated rings. The van der Waals surface area contributed by atoms with Gasteiger partial charge >= 0.3 is 0 Å². The molecule has 3 heterocycles. The number of guanidine groups is 1. The summed E-state index contributed by atoms with van der Waals surface area (Å²) in [7, 11) is 1.08. The van der Waals surface area contributed by atoms with Gasteiger partial charge in [0.05, 0.1) is 68.8 Å². The Balaban J connectivity index is 0.000000272. The van der Waals surface area contributed by atoms with Crippen LogP contribution in [0.2, 0.25) is 0 Å². The molecule has 141 heavy (non-hydrogen) atoms. The van der Waals surface area contributed by atoms with Gasteiger partial charge in [0.1, 0.15) is 94.8 Å². The Morgan fingerprint density at radius 3 is 1.95 bits per heavy atom. The molecule has 0 saturated carbocycles. The van der Waals surface area contributed by atoms with Crippen molar-refractivity contribution in [3.05, 3.63) is 165 Å². The Kier molecular flexibility index (Phi) is 41.3. The molecule has 0 unspecified atom stereocenters. The molecule has 6 aromatic carbocycles. The summed E-state index contributed by atoms with van der Waals surface area (Å²) in [5.74, 6) is -12.0. The van der Waals surface area contributed by atoms with Crippen molar-refractivity contribution in [1.82, 2.24) is 52.8 Å². The molecule has 3 aliphatic heterocycles. The third kappa shape index (κ3) is 31.1. The Morgan fingerprint density at radius 1 is 0.702 bits per heavy atom. The molecule has 5 aliphatic rings. The quantitative estimate of drug-likeness (QED) is 0.00686. The number of nitrogens with zero attached hydrogens (tertiary/aromatic N) is 1. The molecule has 0 spiro atoms. The predicted octanol–water partition coefficient (Wildman–Crippen LogP) is -1.79. The summed E-state index contributed by atoms with van der Waals surface area (Å²) < 4.78 is 56.8. The van der Waals surface area contributed by atoms with Gasteiger partial charge in [0.2, 0.25) is 80.8 Å². The number of methoxy groups -OCH3 is 2. The standard InChI is InChI=1S/C46H64N14O12S2.C27H29NO11.C20H28N2O5S/c47-35(62)15-14-29-40(67)58-32(22-36(48)63)43(70)59-33(45(72)60-18-5-9-34(60)44(71)56-28(8-4-17-52-46(50)51)39(66)53-23-37(49)64)24-74-73-19-16-38(65)54-30(21-26-10-12-27(61)13-11-26)41(68)57-31(42(69)55-29)20-25-6-2-1-3-7-25;1-10-22(31)13(28)6-17(38-10)39-15-8-27(36,16(30)9-29)7-12-19(15)26(35)21-20(24(12)33)23(32)11-4-3-5-14(37-2)18(11)25(21)34;1-4-26-17-7-5-6-8-18(17)27-12-11-22-15(2)13-16-9-10-19(25-3)20(14-16)28(21,23)24/h1-3,6-7,10-13,28-34,61H,4-5,8-9,14-24H2,(H2,47,62)(H2,48,63)(H2,49,64)(H,53,66)(H,54,65)(H,55,69)(H,56,71)(H,57,68)(H,58,67)(H,59,70)(H4,50,51,52);3-5,10,13,15,17,22,29,31,33,35-36H,6-9,28H2,1-2H3;5-10,14-15,22H,4,11-13H2,1-3H3,(H2,21,23,24)/t28-,29-,30-,31-,32-,33-,34-;10-,13-,15-,17-,22-,27-;15-/m001/s1. The SMILES string of the molecule is CCOc1ccccc1OCCN[C@H](C)Cc1ccc(OC)c(S(N)(=O)=O)c1.COc1cccc2c1C(=O)c1c(O)c3c(c(O)c1C2=O)C[C@@](O)(C(=O)CO)C[C@@H]3O[C@H]1C[C@H](N)[C@@H](O)[C@H](C)O1.N=C(N)NCCC[C@H](NC(=O)[C@@H]1CCCN1C(=O)[C@@H]1CSSCCC(=O)N[C@@H](Cc2ccc(O)cc2)C(=O)N[C@@H](Cc2ccccc2)C(=O)N[C@@H](CCC(N)=O)C(=O)N[C@@H](CC(N)=O)C(=O)N1)C(=O)NCC(N)=O. The molecule has 48 heteroatoms. The van der Waals surface area contributed by atoms with E-state index in [2.05, 4.69) is 47.9 Å². The number of phenols is 3. The normalized spacial score (nSPS) is 22.1. The van der Waals surface area contributed by atoms with Crippen LogP contribution in [0.1, 0.15) is 151 Å². The molecule has 3 saturated heterocycles. The lowest BCUT2D eigenvalue weighted by molar-refractivity contribution is -0.247. The first-order valence-electron chi connectivity index (χ1n) is 45.1. The number of carbonyl (C=O) groups excluding carboxylic acids is 14. The van der Waals surface area contributed by atoms with Crippen molar-refractivity contribution in [2.75, 3.05) is 71.7 Å². The molecule has 0 aromatic heterocycles. The second-order valence-electron chi connectivity index (χ2n) is 33.9. The Morgan fingerprint density at radius 2 is 1.32 bits per heavy atom. The zero-order chi connectivity index (χ0) is 103. The number of ketones is 3. The number of amides is 11. The summed E-state index contributed by atoms with van der Waals surface area (Å²) in [5, 5.41) is 100. The van der Waals surface area contributed by atoms with Gasteiger partial charge < -0.3 is 140 Å². The number of likely N-dealkylation sites (tertiary alicyclic amines) is 1. The Labute approximate surface area is 819 Å². The molecule has 14 atom stereocenters. The van der Waals surface area contributed by atoms with Crippen molar-refractivity contribution in [2.24, 2.45) is 33.8 Å². The highest BCUT2D eigenvalue weighted by Crippen LogP contribution is 2.53. The summed E-state index contributed by atoms with van der Waals surface area (Å²) in [5.41, 5.74) is 25.9. The van der Waals surface area contributed by atoms with E-state index in [-0.39, 0.29) is 126 Å². The van der Waals surface area contributed by atoms with Crippen LogP contribution in [0.15, 0.2) is 120 Å². The highest BCUT2D eigenvalue weighted by atomic mass is 33.1. The summed E-state index contributed by atoms with van der Waals surface area (Å²) in [6, 6.07) is 20.8. The Hall–Kier alpha value is -13.3. The van der Waals surface area contributed by atoms with E-state index in [4.69, 9.17) is 67.6 Å². The predicted molar refractivity (Wildman–Crippen MR) is 512 cm³/mol. The lowest BCUT2D eigenvalue weighted by Crippen LogP contribution is -2.61. The van der Waals surface area contributed by atoms with E-state index in [9.17, 15) is 106 Å². The second kappa shape index (κ2) is 52.3. The van der Waals surface area contributed by atoms with Crippen LogP contribution in [0.3, 0.4) is 0 Å². The monoisotopic (exact) mass is 2020 g/mol. The van der Waals surface area contributed by atoms with Gasteiger partial charge in [-0.2, -0.15) is 0 Å². The lowest BCUT2D eigenvalue weighted by atomic mass is 9.72. The maximum absolute atomic E-state index is 14.6. The average Bonchev–Trinajstić information content (AvgIpc) is 1.11. The van der Waals surface area contributed by atoms with Gasteiger partial charge in [0.15, 0.2) is 35.3 Å². The van der Waals surface area contributed by atoms with Gasteiger partial charge in [-0.25, -0.2) is 13.6 Å². The number of primary amides is 3. The number of aliphatic hydroxyl groups excluding tert-OH is 2. The number of sulfonamides is 1. The molecule has 45 nitrogen and oxygen atoms in total. The molecule has 28 N–H and O–H groups in total. The van der Waals surface area contributed by atoms with E-state index >= 15 is 0 Å². The zero-order valence-electron chi connectivity index (χ0n) is 78.0. The first-order chi connectivity index (χ1) is 67.0. The van der Waals surface area contributed by atoms with Crippen molar-refractivity contribution in [1.29, 1.82) is 5.41 Å². The molecule has 6 aromatic rings. The van der Waals surface area contributed by atoms with Crippen LogP contribution >= 0.6 is 21.6 Å². The summed E-state index contributed by atoms with van der Waals surface area (Å²) in [4.78, 5) is 189. The molecular formula is C93H121N17O28S3. The van der Waals surface area contributed by atoms with E-state index in [0.717, 1.165) is 32.9 Å².